The van der Waals surface area contributed by atoms with Crippen LogP contribution < -0.4 is 0 Å². The Morgan fingerprint density at radius 2 is 1.83 bits per heavy atom. The number of hydrogen-bond acceptors (Lipinski definition) is 3. The minimum Gasteiger partial charge on any atom is -0.330 e. The lowest BCUT2D eigenvalue weighted by Crippen LogP contribution is -2.47. The van der Waals surface area contributed by atoms with Gasteiger partial charge < -0.3 is 9.80 Å². The second-order valence-corrected chi connectivity index (χ2v) is 11.5. The van der Waals surface area contributed by atoms with E-state index in [1.807, 2.05) is 41.3 Å². The number of hydrogen-bond donors (Lipinski definition) is 0. The van der Waals surface area contributed by atoms with E-state index in [9.17, 15) is 9.59 Å². The van der Waals surface area contributed by atoms with E-state index in [0.29, 0.717) is 34.6 Å². The van der Waals surface area contributed by atoms with E-state index in [1.165, 1.54) is 10.4 Å². The van der Waals surface area contributed by atoms with Crippen molar-refractivity contribution in [3.63, 3.8) is 0 Å². The third kappa shape index (κ3) is 5.96. The summed E-state index contributed by atoms with van der Waals surface area (Å²) in [4.78, 5) is 32.2. The van der Waals surface area contributed by atoms with Gasteiger partial charge >= 0.3 is 0 Å². The highest BCUT2D eigenvalue weighted by Gasteiger charge is 2.35. The predicted molar refractivity (Wildman–Crippen MR) is 149 cm³/mol. The molecule has 1 atom stereocenters. The Kier molecular flexibility index (Phi) is 8.76. The third-order valence-electron chi connectivity index (χ3n) is 6.74. The van der Waals surface area contributed by atoms with Gasteiger partial charge in [-0.1, -0.05) is 62.2 Å². The van der Waals surface area contributed by atoms with E-state index in [0.717, 1.165) is 30.4 Å². The SMILES string of the molecule is CCc1ccc(C(=O)N(CCC(C)C)CC(=O)N2CCc3sccc3C2c2ccc(Cl)cc2Cl)cc1. The molecule has 2 aromatic carbocycles. The maximum atomic E-state index is 13.8. The molecule has 4 nitrogen and oxygen atoms in total. The molecule has 0 N–H and O–H groups in total. The molecular formula is C29H32Cl2N2O2S. The molecule has 1 unspecified atom stereocenters. The molecule has 0 radical (unpaired) electrons. The molecule has 1 aromatic heterocycles. The average Bonchev–Trinajstić information content (AvgIpc) is 3.35. The number of amides is 2. The van der Waals surface area contributed by atoms with Crippen LogP contribution in [0.25, 0.3) is 0 Å². The predicted octanol–water partition coefficient (Wildman–Crippen LogP) is 7.28. The Hall–Kier alpha value is -2.34. The van der Waals surface area contributed by atoms with Crippen molar-refractivity contribution < 1.29 is 9.59 Å². The summed E-state index contributed by atoms with van der Waals surface area (Å²) in [6.07, 6.45) is 2.53. The van der Waals surface area contributed by atoms with E-state index in [2.05, 4.69) is 32.2 Å². The molecule has 190 valence electrons. The number of rotatable bonds is 8. The van der Waals surface area contributed by atoms with Crippen LogP contribution in [0.5, 0.6) is 0 Å². The van der Waals surface area contributed by atoms with Crippen LogP contribution in [0.15, 0.2) is 53.9 Å². The van der Waals surface area contributed by atoms with Crippen LogP contribution in [-0.4, -0.2) is 41.2 Å². The van der Waals surface area contributed by atoms with Crippen LogP contribution in [-0.2, 0) is 17.6 Å². The lowest BCUT2D eigenvalue weighted by molar-refractivity contribution is -0.134. The van der Waals surface area contributed by atoms with Gasteiger partial charge in [-0.15, -0.1) is 11.3 Å². The Morgan fingerprint density at radius 3 is 2.50 bits per heavy atom. The highest BCUT2D eigenvalue weighted by atomic mass is 35.5. The molecule has 0 spiro atoms. The number of aryl methyl sites for hydroxylation is 1. The van der Waals surface area contributed by atoms with Crippen molar-refractivity contribution in [3.05, 3.63) is 91.1 Å². The average molecular weight is 544 g/mol. The number of carbonyl (C=O) groups is 2. The lowest BCUT2D eigenvalue weighted by atomic mass is 9.93. The number of nitrogens with zero attached hydrogens (tertiary/aromatic N) is 2. The van der Waals surface area contributed by atoms with Gasteiger partial charge in [0.25, 0.3) is 5.91 Å². The third-order valence-corrected chi connectivity index (χ3v) is 8.30. The molecule has 0 saturated carbocycles. The van der Waals surface area contributed by atoms with E-state index >= 15 is 0 Å². The maximum Gasteiger partial charge on any atom is 0.254 e. The molecule has 36 heavy (non-hydrogen) atoms. The van der Waals surface area contributed by atoms with E-state index in [-0.39, 0.29) is 24.4 Å². The van der Waals surface area contributed by atoms with Gasteiger partial charge in [-0.05, 0) is 77.6 Å². The number of thiophene rings is 1. The summed E-state index contributed by atoms with van der Waals surface area (Å²) in [5.41, 5.74) is 3.74. The highest BCUT2D eigenvalue weighted by molar-refractivity contribution is 7.10. The first kappa shape index (κ1) is 26.7. The zero-order chi connectivity index (χ0) is 25.8. The summed E-state index contributed by atoms with van der Waals surface area (Å²) < 4.78 is 0. The Morgan fingerprint density at radius 1 is 1.08 bits per heavy atom. The minimum atomic E-state index is -0.303. The molecule has 1 aliphatic heterocycles. The molecule has 4 rings (SSSR count). The van der Waals surface area contributed by atoms with E-state index in [4.69, 9.17) is 23.2 Å². The maximum absolute atomic E-state index is 13.8. The molecule has 1 aliphatic rings. The Bertz CT molecular complexity index is 1220. The molecule has 0 aliphatic carbocycles. The van der Waals surface area contributed by atoms with Crippen molar-refractivity contribution in [2.24, 2.45) is 5.92 Å². The van der Waals surface area contributed by atoms with Crippen LogP contribution in [0.2, 0.25) is 10.0 Å². The first-order chi connectivity index (χ1) is 17.3. The molecular weight excluding hydrogens is 511 g/mol. The number of carbonyl (C=O) groups excluding carboxylic acids is 2. The second-order valence-electron chi connectivity index (χ2n) is 9.66. The molecule has 2 heterocycles. The molecule has 0 bridgehead atoms. The van der Waals surface area contributed by atoms with Crippen molar-refractivity contribution >= 4 is 46.4 Å². The van der Waals surface area contributed by atoms with Crippen LogP contribution in [0, 0.1) is 5.92 Å². The topological polar surface area (TPSA) is 40.6 Å². The van der Waals surface area contributed by atoms with Gasteiger partial charge in [0.2, 0.25) is 5.91 Å². The fourth-order valence-electron chi connectivity index (χ4n) is 4.63. The van der Waals surface area contributed by atoms with Crippen LogP contribution >= 0.6 is 34.5 Å². The van der Waals surface area contributed by atoms with Gasteiger partial charge in [-0.2, -0.15) is 0 Å². The number of halogens is 2. The normalized spacial score (nSPS) is 15.2. The summed E-state index contributed by atoms with van der Waals surface area (Å²) >= 11 is 14.5. The largest absolute Gasteiger partial charge is 0.330 e. The highest BCUT2D eigenvalue weighted by Crippen LogP contribution is 2.41. The van der Waals surface area contributed by atoms with E-state index in [1.54, 1.807) is 22.3 Å². The monoisotopic (exact) mass is 542 g/mol. The zero-order valence-electron chi connectivity index (χ0n) is 21.0. The summed E-state index contributed by atoms with van der Waals surface area (Å²) in [6, 6.07) is 14.9. The first-order valence-corrected chi connectivity index (χ1v) is 14.1. The van der Waals surface area contributed by atoms with Crippen molar-refractivity contribution in [1.29, 1.82) is 0 Å². The second kappa shape index (κ2) is 11.8. The van der Waals surface area contributed by atoms with Crippen molar-refractivity contribution in [2.75, 3.05) is 19.6 Å². The van der Waals surface area contributed by atoms with Gasteiger partial charge in [-0.3, -0.25) is 9.59 Å². The fourth-order valence-corrected chi connectivity index (χ4v) is 6.05. The van der Waals surface area contributed by atoms with Crippen LogP contribution in [0.3, 0.4) is 0 Å². The molecule has 3 aromatic rings. The molecule has 2 amide bonds. The van der Waals surface area contributed by atoms with Crippen molar-refractivity contribution in [1.82, 2.24) is 9.80 Å². The van der Waals surface area contributed by atoms with Gasteiger partial charge in [0, 0.05) is 33.6 Å². The Balaban J connectivity index is 1.62. The summed E-state index contributed by atoms with van der Waals surface area (Å²) in [7, 11) is 0. The van der Waals surface area contributed by atoms with Gasteiger partial charge in [-0.25, -0.2) is 0 Å². The Labute approximate surface area is 227 Å². The van der Waals surface area contributed by atoms with Crippen molar-refractivity contribution in [3.8, 4) is 0 Å². The fraction of sp³-hybridized carbons (Fsp3) is 0.379. The van der Waals surface area contributed by atoms with Gasteiger partial charge in [0.05, 0.1) is 6.04 Å². The summed E-state index contributed by atoms with van der Waals surface area (Å²) in [5.74, 6) is 0.230. The number of fused-ring (bicyclic) bond motifs is 1. The summed E-state index contributed by atoms with van der Waals surface area (Å²) in [5, 5.41) is 3.16. The zero-order valence-corrected chi connectivity index (χ0v) is 23.3. The van der Waals surface area contributed by atoms with Gasteiger partial charge in [0.15, 0.2) is 0 Å². The van der Waals surface area contributed by atoms with Crippen LogP contribution in [0.1, 0.15) is 65.2 Å². The lowest BCUT2D eigenvalue weighted by Gasteiger charge is -2.38. The first-order valence-electron chi connectivity index (χ1n) is 12.5. The summed E-state index contributed by atoms with van der Waals surface area (Å²) in [6.45, 7) is 7.48. The quantitative estimate of drug-likeness (QED) is 0.300. The van der Waals surface area contributed by atoms with Gasteiger partial charge in [0.1, 0.15) is 6.54 Å². The number of benzene rings is 2. The standard InChI is InChI=1S/C29H32Cl2N2O2S/c1-4-20-5-7-21(8-6-20)29(35)32(14-11-19(2)3)18-27(34)33-15-12-26-24(13-16-36-26)28(33)23-10-9-22(30)17-25(23)31/h5-10,13,16-17,19,28H,4,11-12,14-15,18H2,1-3H3. The van der Waals surface area contributed by atoms with Crippen LogP contribution in [0.4, 0.5) is 0 Å². The molecule has 0 fully saturated rings. The smallest absolute Gasteiger partial charge is 0.254 e. The van der Waals surface area contributed by atoms with E-state index < -0.39 is 0 Å². The molecule has 7 heteroatoms. The minimum absolute atomic E-state index is 0.0300. The molecule has 0 saturated heterocycles. The van der Waals surface area contributed by atoms with Crippen molar-refractivity contribution in [2.45, 2.75) is 46.1 Å².